The highest BCUT2D eigenvalue weighted by Gasteiger charge is 2.45. The molecule has 0 saturated heterocycles. The molecule has 0 aliphatic heterocycles. The van der Waals surface area contributed by atoms with Crippen LogP contribution in [-0.4, -0.2) is 31.7 Å². The first-order chi connectivity index (χ1) is 8.15. The summed E-state index contributed by atoms with van der Waals surface area (Å²) in [7, 11) is 0. The Morgan fingerprint density at radius 3 is 1.47 bits per heavy atom. The minimum atomic E-state index is -5.25. The quantitative estimate of drug-likeness (QED) is 0.549. The van der Waals surface area contributed by atoms with Crippen LogP contribution >= 0.6 is 69.6 Å². The lowest BCUT2D eigenvalue weighted by Crippen LogP contribution is -2.59. The van der Waals surface area contributed by atoms with Crippen molar-refractivity contribution in [3.05, 3.63) is 0 Å². The van der Waals surface area contributed by atoms with Crippen molar-refractivity contribution in [2.75, 3.05) is 0 Å². The number of nitrogens with one attached hydrogen (secondary N) is 2. The maximum atomic E-state index is 12.0. The highest BCUT2D eigenvalue weighted by atomic mass is 35.6. The molecule has 0 radical (unpaired) electrons. The third-order valence-corrected chi connectivity index (χ3v) is 2.56. The van der Waals surface area contributed by atoms with Gasteiger partial charge in [0.2, 0.25) is 3.79 Å². The molecular weight excluding hydrogens is 402 g/mol. The summed E-state index contributed by atoms with van der Waals surface area (Å²) in [5.74, 6) is -3.84. The van der Waals surface area contributed by atoms with Gasteiger partial charge in [-0.05, 0) is 0 Å². The molecule has 1 unspecified atom stereocenters. The Morgan fingerprint density at radius 1 is 0.842 bits per heavy atom. The molecule has 0 fully saturated rings. The van der Waals surface area contributed by atoms with Gasteiger partial charge in [0.1, 0.15) is 6.17 Å². The summed E-state index contributed by atoms with van der Waals surface area (Å²) >= 11 is 31.4. The predicted octanol–water partition coefficient (Wildman–Crippen LogP) is 2.85. The van der Waals surface area contributed by atoms with E-state index in [-0.39, 0.29) is 0 Å². The monoisotopic (exact) mass is 402 g/mol. The normalized spacial score (nSPS) is 14.8. The Balaban J connectivity index is 4.98. The summed E-state index contributed by atoms with van der Waals surface area (Å²) in [6.45, 7) is 0. The summed E-state index contributed by atoms with van der Waals surface area (Å²) in [6, 6.07) is 0. The van der Waals surface area contributed by atoms with E-state index < -0.39 is 31.7 Å². The molecule has 0 spiro atoms. The van der Waals surface area contributed by atoms with E-state index in [0.29, 0.717) is 0 Å². The number of hydrogen-bond acceptors (Lipinski definition) is 2. The van der Waals surface area contributed by atoms with Crippen LogP contribution in [0, 0.1) is 0 Å². The van der Waals surface area contributed by atoms with Crippen LogP contribution in [0.5, 0.6) is 0 Å². The van der Waals surface area contributed by atoms with Gasteiger partial charge in [-0.2, -0.15) is 13.2 Å². The summed E-state index contributed by atoms with van der Waals surface area (Å²) in [5, 5.41) is 2.87. The van der Waals surface area contributed by atoms with E-state index in [1.54, 1.807) is 5.32 Å². The zero-order valence-corrected chi connectivity index (χ0v) is 12.8. The number of carbonyl (C=O) groups is 2. The summed E-state index contributed by atoms with van der Waals surface area (Å²) in [6.07, 6.45) is -7.31. The molecule has 2 N–H and O–H groups in total. The van der Waals surface area contributed by atoms with Crippen LogP contribution in [0.15, 0.2) is 0 Å². The van der Waals surface area contributed by atoms with Crippen LogP contribution in [0.2, 0.25) is 0 Å². The predicted molar refractivity (Wildman–Crippen MR) is 66.7 cm³/mol. The standard InChI is InChI=1S/C6H3Cl6F3N2O2/c7-4(8,9)1(16-2(18)5(10,11)12)17-3(19)6(13,14)15/h1H,(H,16,18)(H,17,19). The van der Waals surface area contributed by atoms with Gasteiger partial charge in [-0.25, -0.2) is 0 Å². The fourth-order valence-corrected chi connectivity index (χ4v) is 1.12. The van der Waals surface area contributed by atoms with E-state index in [1.807, 2.05) is 0 Å². The minimum Gasteiger partial charge on any atom is -0.328 e. The lowest BCUT2D eigenvalue weighted by atomic mass is 10.4. The fraction of sp³-hybridized carbons (Fsp3) is 0.667. The van der Waals surface area contributed by atoms with E-state index in [4.69, 9.17) is 69.6 Å². The number of amides is 2. The van der Waals surface area contributed by atoms with Crippen molar-refractivity contribution in [3.63, 3.8) is 0 Å². The number of rotatable bonds is 2. The second-order valence-corrected chi connectivity index (χ2v) is 7.57. The molecule has 0 bridgehead atoms. The van der Waals surface area contributed by atoms with Crippen LogP contribution in [0.3, 0.4) is 0 Å². The molecule has 0 aromatic rings. The summed E-state index contributed by atoms with van der Waals surface area (Å²) in [5.41, 5.74) is 0. The molecule has 0 aliphatic carbocycles. The van der Waals surface area contributed by atoms with Crippen LogP contribution in [0.4, 0.5) is 13.2 Å². The summed E-state index contributed by atoms with van der Waals surface area (Å²) < 4.78 is 31.1. The Morgan fingerprint density at radius 2 is 1.21 bits per heavy atom. The van der Waals surface area contributed by atoms with E-state index in [2.05, 4.69) is 0 Å². The average molecular weight is 405 g/mol. The van der Waals surface area contributed by atoms with Gasteiger partial charge >= 0.3 is 12.1 Å². The third kappa shape index (κ3) is 7.15. The van der Waals surface area contributed by atoms with Crippen LogP contribution in [0.25, 0.3) is 0 Å². The van der Waals surface area contributed by atoms with Gasteiger partial charge in [0.05, 0.1) is 0 Å². The first-order valence-electron chi connectivity index (χ1n) is 3.98. The molecular formula is C6H3Cl6F3N2O2. The maximum Gasteiger partial charge on any atom is 0.471 e. The first-order valence-corrected chi connectivity index (χ1v) is 6.24. The lowest BCUT2D eigenvalue weighted by Gasteiger charge is -2.27. The summed E-state index contributed by atoms with van der Waals surface area (Å²) in [4.78, 5) is 21.9. The molecule has 2 amide bonds. The van der Waals surface area contributed by atoms with E-state index in [0.717, 1.165) is 0 Å². The van der Waals surface area contributed by atoms with Gasteiger partial charge in [-0.1, -0.05) is 69.6 Å². The number of alkyl halides is 9. The first kappa shape index (κ1) is 19.5. The van der Waals surface area contributed by atoms with Crippen LogP contribution in [0.1, 0.15) is 0 Å². The van der Waals surface area contributed by atoms with Gasteiger partial charge < -0.3 is 10.6 Å². The molecule has 4 nitrogen and oxygen atoms in total. The minimum absolute atomic E-state index is 1.23. The molecule has 0 saturated carbocycles. The Labute approximate surface area is 134 Å². The van der Waals surface area contributed by atoms with Crippen LogP contribution < -0.4 is 10.6 Å². The second kappa shape index (κ2) is 6.49. The number of carbonyl (C=O) groups excluding carboxylic acids is 2. The molecule has 1 atom stereocenters. The molecule has 112 valence electrons. The van der Waals surface area contributed by atoms with Crippen molar-refractivity contribution in [3.8, 4) is 0 Å². The van der Waals surface area contributed by atoms with Gasteiger partial charge in [-0.15, -0.1) is 0 Å². The number of hydrogen-bond donors (Lipinski definition) is 2. The topological polar surface area (TPSA) is 58.2 Å². The van der Waals surface area contributed by atoms with E-state index >= 15 is 0 Å². The zero-order chi connectivity index (χ0) is 15.6. The third-order valence-electron chi connectivity index (χ3n) is 1.39. The van der Waals surface area contributed by atoms with E-state index in [1.165, 1.54) is 5.32 Å². The molecule has 0 aromatic carbocycles. The molecule has 0 aromatic heterocycles. The fourth-order valence-electron chi connectivity index (χ4n) is 0.626. The molecule has 13 heteroatoms. The lowest BCUT2D eigenvalue weighted by molar-refractivity contribution is -0.174. The van der Waals surface area contributed by atoms with Crippen molar-refractivity contribution >= 4 is 81.4 Å². The van der Waals surface area contributed by atoms with Crippen LogP contribution in [-0.2, 0) is 9.59 Å². The van der Waals surface area contributed by atoms with Crippen molar-refractivity contribution in [2.45, 2.75) is 19.9 Å². The van der Waals surface area contributed by atoms with Gasteiger partial charge in [0.15, 0.2) is 0 Å². The molecule has 0 rings (SSSR count). The SMILES string of the molecule is O=C(NC(NC(=O)C(Cl)(Cl)Cl)C(Cl)(Cl)Cl)C(F)(F)F. The Kier molecular flexibility index (Phi) is 6.65. The Hall–Kier alpha value is 0.470. The second-order valence-electron chi connectivity index (χ2n) is 2.92. The van der Waals surface area contributed by atoms with Crippen molar-refractivity contribution in [2.24, 2.45) is 0 Å². The van der Waals surface area contributed by atoms with Gasteiger partial charge in [-0.3, -0.25) is 9.59 Å². The van der Waals surface area contributed by atoms with E-state index in [9.17, 15) is 22.8 Å². The Bertz CT molecular complexity index is 335. The molecule has 0 heterocycles. The van der Waals surface area contributed by atoms with Gasteiger partial charge in [0, 0.05) is 0 Å². The average Bonchev–Trinajstić information content (AvgIpc) is 2.11. The molecule has 19 heavy (non-hydrogen) atoms. The highest BCUT2D eigenvalue weighted by Crippen LogP contribution is 2.32. The smallest absolute Gasteiger partial charge is 0.328 e. The maximum absolute atomic E-state index is 12.0. The number of halogens is 9. The largest absolute Gasteiger partial charge is 0.471 e. The molecule has 0 aliphatic rings. The van der Waals surface area contributed by atoms with Crippen molar-refractivity contribution in [1.29, 1.82) is 0 Å². The van der Waals surface area contributed by atoms with Crippen molar-refractivity contribution in [1.82, 2.24) is 10.6 Å². The van der Waals surface area contributed by atoms with Gasteiger partial charge in [0.25, 0.3) is 9.70 Å². The highest BCUT2D eigenvalue weighted by molar-refractivity contribution is 6.76. The zero-order valence-electron chi connectivity index (χ0n) is 8.30. The van der Waals surface area contributed by atoms with Crippen molar-refractivity contribution < 1.29 is 22.8 Å².